The van der Waals surface area contributed by atoms with Crippen molar-refractivity contribution in [3.8, 4) is 0 Å². The van der Waals surface area contributed by atoms with Crippen LogP contribution in [0.15, 0.2) is 12.5 Å². The first-order valence-corrected chi connectivity index (χ1v) is 5.76. The van der Waals surface area contributed by atoms with Crippen LogP contribution in [0.25, 0.3) is 0 Å². The molecule has 1 N–H and O–H groups in total. The summed E-state index contributed by atoms with van der Waals surface area (Å²) < 4.78 is 7.91. The summed E-state index contributed by atoms with van der Waals surface area (Å²) in [5.41, 5.74) is 1.37. The maximum atomic E-state index is 5.65. The van der Waals surface area contributed by atoms with Gasteiger partial charge in [-0.05, 0) is 12.8 Å². The fourth-order valence-electron chi connectivity index (χ4n) is 2.33. The van der Waals surface area contributed by atoms with Gasteiger partial charge in [-0.15, -0.1) is 0 Å². The SMILES string of the molecule is c1ncn(CC2CCCO2)c1C1CNC1. The molecule has 2 saturated heterocycles. The molecule has 2 aliphatic heterocycles. The van der Waals surface area contributed by atoms with Gasteiger partial charge in [0.15, 0.2) is 0 Å². The quantitative estimate of drug-likeness (QED) is 0.795. The second kappa shape index (κ2) is 3.94. The summed E-state index contributed by atoms with van der Waals surface area (Å²) in [6, 6.07) is 0. The summed E-state index contributed by atoms with van der Waals surface area (Å²) in [7, 11) is 0. The van der Waals surface area contributed by atoms with Crippen LogP contribution >= 0.6 is 0 Å². The molecule has 0 spiro atoms. The average molecular weight is 207 g/mol. The van der Waals surface area contributed by atoms with E-state index in [0.29, 0.717) is 12.0 Å². The largest absolute Gasteiger partial charge is 0.376 e. The Hall–Kier alpha value is -0.870. The molecule has 2 aliphatic rings. The number of hydrogen-bond donors (Lipinski definition) is 1. The summed E-state index contributed by atoms with van der Waals surface area (Å²) in [5, 5.41) is 3.30. The first-order chi connectivity index (χ1) is 7.43. The molecule has 15 heavy (non-hydrogen) atoms. The maximum Gasteiger partial charge on any atom is 0.0949 e. The highest BCUT2D eigenvalue weighted by atomic mass is 16.5. The minimum absolute atomic E-state index is 0.408. The number of nitrogens with one attached hydrogen (secondary N) is 1. The molecule has 1 aromatic heterocycles. The van der Waals surface area contributed by atoms with Crippen molar-refractivity contribution in [2.45, 2.75) is 31.4 Å². The molecular formula is C11H17N3O. The Morgan fingerprint density at radius 1 is 1.53 bits per heavy atom. The highest BCUT2D eigenvalue weighted by molar-refractivity contribution is 5.11. The molecule has 2 fully saturated rings. The third kappa shape index (κ3) is 1.79. The number of nitrogens with zero attached hydrogens (tertiary/aromatic N) is 2. The normalized spacial score (nSPS) is 26.8. The number of imidazole rings is 1. The first kappa shape index (κ1) is 9.36. The van der Waals surface area contributed by atoms with Crippen LogP contribution in [0.5, 0.6) is 0 Å². The van der Waals surface area contributed by atoms with Crippen molar-refractivity contribution in [3.63, 3.8) is 0 Å². The molecule has 3 heterocycles. The minimum Gasteiger partial charge on any atom is -0.376 e. The highest BCUT2D eigenvalue weighted by Gasteiger charge is 2.24. The van der Waals surface area contributed by atoms with Gasteiger partial charge in [-0.25, -0.2) is 4.98 Å². The smallest absolute Gasteiger partial charge is 0.0949 e. The van der Waals surface area contributed by atoms with Crippen molar-refractivity contribution < 1.29 is 4.74 Å². The van der Waals surface area contributed by atoms with Crippen LogP contribution in [0.4, 0.5) is 0 Å². The van der Waals surface area contributed by atoms with E-state index >= 15 is 0 Å². The van der Waals surface area contributed by atoms with Crippen LogP contribution in [-0.2, 0) is 11.3 Å². The van der Waals surface area contributed by atoms with Gasteiger partial charge in [-0.3, -0.25) is 0 Å². The molecule has 0 saturated carbocycles. The topological polar surface area (TPSA) is 39.1 Å². The Bertz CT molecular complexity index is 326. The zero-order valence-electron chi connectivity index (χ0n) is 8.85. The average Bonchev–Trinajstić information content (AvgIpc) is 2.76. The van der Waals surface area contributed by atoms with Crippen molar-refractivity contribution in [3.05, 3.63) is 18.2 Å². The molecule has 0 aliphatic carbocycles. The van der Waals surface area contributed by atoms with E-state index < -0.39 is 0 Å². The molecule has 1 atom stereocenters. The zero-order valence-corrected chi connectivity index (χ0v) is 8.85. The van der Waals surface area contributed by atoms with E-state index in [1.54, 1.807) is 0 Å². The van der Waals surface area contributed by atoms with E-state index in [2.05, 4.69) is 14.9 Å². The van der Waals surface area contributed by atoms with Crippen molar-refractivity contribution >= 4 is 0 Å². The molecule has 0 aromatic carbocycles. The highest BCUT2D eigenvalue weighted by Crippen LogP contribution is 2.21. The van der Waals surface area contributed by atoms with Crippen LogP contribution in [-0.4, -0.2) is 35.4 Å². The van der Waals surface area contributed by atoms with Gasteiger partial charge in [0, 0.05) is 37.5 Å². The predicted octanol–water partition coefficient (Wildman–Crippen LogP) is 0.749. The summed E-state index contributed by atoms with van der Waals surface area (Å²) >= 11 is 0. The molecule has 1 unspecified atom stereocenters. The standard InChI is InChI=1S/C11H17N3O/c1-2-10(15-3-1)7-14-8-13-6-11(14)9-4-12-5-9/h6,8-10,12H,1-5,7H2. The number of hydrogen-bond acceptors (Lipinski definition) is 3. The van der Waals surface area contributed by atoms with E-state index in [1.165, 1.54) is 18.5 Å². The van der Waals surface area contributed by atoms with Crippen LogP contribution in [0.1, 0.15) is 24.5 Å². The van der Waals surface area contributed by atoms with Crippen LogP contribution in [0, 0.1) is 0 Å². The molecule has 3 rings (SSSR count). The Morgan fingerprint density at radius 3 is 3.13 bits per heavy atom. The molecule has 0 radical (unpaired) electrons. The minimum atomic E-state index is 0.408. The van der Waals surface area contributed by atoms with Crippen molar-refractivity contribution in [1.82, 2.24) is 14.9 Å². The molecule has 0 amide bonds. The van der Waals surface area contributed by atoms with E-state index in [4.69, 9.17) is 4.74 Å². The monoisotopic (exact) mass is 207 g/mol. The van der Waals surface area contributed by atoms with Gasteiger partial charge in [0.25, 0.3) is 0 Å². The third-order valence-electron chi connectivity index (χ3n) is 3.37. The van der Waals surface area contributed by atoms with Gasteiger partial charge >= 0.3 is 0 Å². The Morgan fingerprint density at radius 2 is 2.47 bits per heavy atom. The molecule has 4 heteroatoms. The van der Waals surface area contributed by atoms with Gasteiger partial charge in [0.2, 0.25) is 0 Å². The fourth-order valence-corrected chi connectivity index (χ4v) is 2.33. The molecule has 4 nitrogen and oxygen atoms in total. The molecule has 1 aromatic rings. The second-order valence-electron chi connectivity index (χ2n) is 4.46. The van der Waals surface area contributed by atoms with E-state index in [-0.39, 0.29) is 0 Å². The molecule has 0 bridgehead atoms. The first-order valence-electron chi connectivity index (χ1n) is 5.76. The van der Waals surface area contributed by atoms with Crippen LogP contribution < -0.4 is 5.32 Å². The lowest BCUT2D eigenvalue weighted by Gasteiger charge is -2.28. The Kier molecular flexibility index (Phi) is 2.46. The van der Waals surface area contributed by atoms with Crippen LogP contribution in [0.3, 0.4) is 0 Å². The van der Waals surface area contributed by atoms with E-state index in [0.717, 1.165) is 26.2 Å². The van der Waals surface area contributed by atoms with E-state index in [9.17, 15) is 0 Å². The van der Waals surface area contributed by atoms with Gasteiger partial charge < -0.3 is 14.6 Å². The molecular weight excluding hydrogens is 190 g/mol. The number of aromatic nitrogens is 2. The van der Waals surface area contributed by atoms with Gasteiger partial charge in [-0.2, -0.15) is 0 Å². The van der Waals surface area contributed by atoms with Crippen LogP contribution in [0.2, 0.25) is 0 Å². The summed E-state index contributed by atoms with van der Waals surface area (Å²) in [4.78, 5) is 4.25. The number of ether oxygens (including phenoxy) is 1. The second-order valence-corrected chi connectivity index (χ2v) is 4.46. The molecule has 82 valence electrons. The summed E-state index contributed by atoms with van der Waals surface area (Å²) in [6.45, 7) is 4.10. The fraction of sp³-hybridized carbons (Fsp3) is 0.727. The zero-order chi connectivity index (χ0) is 10.1. The lowest BCUT2D eigenvalue weighted by molar-refractivity contribution is 0.0958. The summed E-state index contributed by atoms with van der Waals surface area (Å²) in [6.07, 6.45) is 6.75. The Balaban J connectivity index is 1.70. The van der Waals surface area contributed by atoms with Crippen molar-refractivity contribution in [2.24, 2.45) is 0 Å². The van der Waals surface area contributed by atoms with Crippen molar-refractivity contribution in [2.75, 3.05) is 19.7 Å². The third-order valence-corrected chi connectivity index (χ3v) is 3.37. The van der Waals surface area contributed by atoms with E-state index in [1.807, 2.05) is 12.5 Å². The maximum absolute atomic E-state index is 5.65. The van der Waals surface area contributed by atoms with Crippen molar-refractivity contribution in [1.29, 1.82) is 0 Å². The van der Waals surface area contributed by atoms with Gasteiger partial charge in [-0.1, -0.05) is 0 Å². The lowest BCUT2D eigenvalue weighted by Crippen LogP contribution is -2.41. The number of rotatable bonds is 3. The summed E-state index contributed by atoms with van der Waals surface area (Å²) in [5.74, 6) is 0.661. The van der Waals surface area contributed by atoms with Gasteiger partial charge in [0.1, 0.15) is 0 Å². The van der Waals surface area contributed by atoms with Gasteiger partial charge in [0.05, 0.1) is 19.0 Å². The predicted molar refractivity (Wildman–Crippen MR) is 56.8 cm³/mol. The Labute approximate surface area is 89.6 Å². The lowest BCUT2D eigenvalue weighted by atomic mass is 10.00.